The molecule has 0 aliphatic carbocycles. The van der Waals surface area contributed by atoms with E-state index in [0.717, 1.165) is 10.5 Å². The summed E-state index contributed by atoms with van der Waals surface area (Å²) < 4.78 is 0.783. The zero-order chi connectivity index (χ0) is 10.1. The van der Waals surface area contributed by atoms with Gasteiger partial charge in [-0.3, -0.25) is 0 Å². The Labute approximate surface area is 95.7 Å². The van der Waals surface area contributed by atoms with Gasteiger partial charge in [-0.25, -0.2) is 0 Å². The van der Waals surface area contributed by atoms with Crippen molar-refractivity contribution in [3.8, 4) is 0 Å². The molecule has 0 radical (unpaired) electrons. The summed E-state index contributed by atoms with van der Waals surface area (Å²) >= 11 is 4.22. The zero-order valence-electron chi connectivity index (χ0n) is 9.19. The molecule has 2 heterocycles. The third-order valence-electron chi connectivity index (χ3n) is 2.68. The van der Waals surface area contributed by atoms with Crippen LogP contribution in [-0.2, 0) is 0 Å². The minimum absolute atomic E-state index is 0.689. The number of nitrogens with zero attached hydrogens (tertiary/aromatic N) is 1. The molecule has 2 atom stereocenters. The van der Waals surface area contributed by atoms with E-state index in [1.807, 2.05) is 0 Å². The minimum atomic E-state index is 0.689. The van der Waals surface area contributed by atoms with Crippen LogP contribution in [0, 0.1) is 5.92 Å². The molecular weight excluding hydrogens is 210 g/mol. The topological polar surface area (TPSA) is 3.24 Å². The normalized spacial score (nSPS) is 32.0. The van der Waals surface area contributed by atoms with Crippen LogP contribution in [0.4, 0.5) is 0 Å². The van der Waals surface area contributed by atoms with Crippen LogP contribution < -0.4 is 0 Å². The lowest BCUT2D eigenvalue weighted by atomic mass is 10.2. The summed E-state index contributed by atoms with van der Waals surface area (Å²) in [5.41, 5.74) is 0. The third kappa shape index (κ3) is 2.25. The fourth-order valence-electron chi connectivity index (χ4n) is 1.98. The van der Waals surface area contributed by atoms with E-state index < -0.39 is 0 Å². The van der Waals surface area contributed by atoms with E-state index in [1.54, 1.807) is 5.03 Å². The summed E-state index contributed by atoms with van der Waals surface area (Å²) in [6.07, 6.45) is 5.00. The summed E-state index contributed by atoms with van der Waals surface area (Å²) in [6, 6.07) is 0. The smallest absolute Gasteiger partial charge is 0.0738 e. The molecule has 2 aliphatic rings. The SMILES string of the molecule is CC(C)CC1SC2=CCCN2C(C)S1. The van der Waals surface area contributed by atoms with Crippen LogP contribution in [-0.4, -0.2) is 21.4 Å². The molecule has 0 saturated carbocycles. The van der Waals surface area contributed by atoms with Crippen molar-refractivity contribution in [3.05, 3.63) is 11.1 Å². The third-order valence-corrected chi connectivity index (χ3v) is 5.54. The largest absolute Gasteiger partial charge is 0.355 e. The lowest BCUT2D eigenvalue weighted by Gasteiger charge is -2.37. The quantitative estimate of drug-likeness (QED) is 0.710. The van der Waals surface area contributed by atoms with E-state index in [4.69, 9.17) is 0 Å². The molecular formula is C11H19NS2. The Balaban J connectivity index is 1.98. The molecule has 3 heteroatoms. The molecule has 0 N–H and O–H groups in total. The van der Waals surface area contributed by atoms with Crippen LogP contribution in [0.2, 0.25) is 0 Å². The summed E-state index contributed by atoms with van der Waals surface area (Å²) in [5.74, 6) is 0.820. The molecule has 0 aromatic heterocycles. The van der Waals surface area contributed by atoms with Crippen LogP contribution in [0.25, 0.3) is 0 Å². The fourth-order valence-corrected chi connectivity index (χ4v) is 5.69. The van der Waals surface area contributed by atoms with Crippen LogP contribution in [0.5, 0.6) is 0 Å². The Morgan fingerprint density at radius 3 is 3.07 bits per heavy atom. The Bertz CT molecular complexity index is 237. The van der Waals surface area contributed by atoms with E-state index in [2.05, 4.69) is 55.3 Å². The highest BCUT2D eigenvalue weighted by atomic mass is 32.2. The van der Waals surface area contributed by atoms with Gasteiger partial charge < -0.3 is 4.90 Å². The van der Waals surface area contributed by atoms with Crippen molar-refractivity contribution >= 4 is 23.5 Å². The van der Waals surface area contributed by atoms with Gasteiger partial charge in [0.2, 0.25) is 0 Å². The van der Waals surface area contributed by atoms with Crippen molar-refractivity contribution in [2.75, 3.05) is 6.54 Å². The summed E-state index contributed by atoms with van der Waals surface area (Å²) in [6.45, 7) is 8.23. The first-order valence-corrected chi connectivity index (χ1v) is 7.28. The molecule has 80 valence electrons. The maximum Gasteiger partial charge on any atom is 0.0738 e. The Morgan fingerprint density at radius 1 is 1.57 bits per heavy atom. The maximum absolute atomic E-state index is 2.55. The fraction of sp³-hybridized carbons (Fsp3) is 0.818. The monoisotopic (exact) mass is 229 g/mol. The summed E-state index contributed by atoms with van der Waals surface area (Å²) in [4.78, 5) is 2.55. The maximum atomic E-state index is 2.55. The van der Waals surface area contributed by atoms with Crippen LogP contribution in [0.3, 0.4) is 0 Å². The van der Waals surface area contributed by atoms with Gasteiger partial charge in [-0.1, -0.05) is 31.7 Å². The molecule has 1 nitrogen and oxygen atoms in total. The molecule has 1 fully saturated rings. The highest BCUT2D eigenvalue weighted by Crippen LogP contribution is 2.47. The van der Waals surface area contributed by atoms with E-state index in [-0.39, 0.29) is 0 Å². The first-order chi connectivity index (χ1) is 6.66. The first kappa shape index (κ1) is 10.7. The standard InChI is InChI=1S/C11H19NS2/c1-8(2)7-11-13-9(3)12-6-4-5-10(12)14-11/h5,8-9,11H,4,6-7H2,1-3H3. The highest BCUT2D eigenvalue weighted by molar-refractivity contribution is 8.19. The van der Waals surface area contributed by atoms with E-state index >= 15 is 0 Å². The molecule has 2 aliphatic heterocycles. The predicted molar refractivity (Wildman–Crippen MR) is 67.3 cm³/mol. The lowest BCUT2D eigenvalue weighted by Crippen LogP contribution is -2.32. The van der Waals surface area contributed by atoms with Crippen LogP contribution in [0.1, 0.15) is 33.6 Å². The van der Waals surface area contributed by atoms with Gasteiger partial charge in [-0.2, -0.15) is 0 Å². The van der Waals surface area contributed by atoms with Crippen molar-refractivity contribution in [1.29, 1.82) is 0 Å². The zero-order valence-corrected chi connectivity index (χ0v) is 10.8. The van der Waals surface area contributed by atoms with Crippen molar-refractivity contribution in [1.82, 2.24) is 4.90 Å². The molecule has 14 heavy (non-hydrogen) atoms. The van der Waals surface area contributed by atoms with Crippen molar-refractivity contribution in [3.63, 3.8) is 0 Å². The lowest BCUT2D eigenvalue weighted by molar-refractivity contribution is 0.387. The van der Waals surface area contributed by atoms with Crippen molar-refractivity contribution < 1.29 is 0 Å². The van der Waals surface area contributed by atoms with Crippen molar-refractivity contribution in [2.45, 2.75) is 43.6 Å². The second-order valence-corrected chi connectivity index (χ2v) is 7.48. The Kier molecular flexibility index (Phi) is 3.38. The predicted octanol–water partition coefficient (Wildman–Crippen LogP) is 3.73. The number of fused-ring (bicyclic) bond motifs is 1. The van der Waals surface area contributed by atoms with Crippen LogP contribution in [0.15, 0.2) is 11.1 Å². The molecule has 0 bridgehead atoms. The average Bonchev–Trinajstić information content (AvgIpc) is 2.50. The second-order valence-electron chi connectivity index (χ2n) is 4.44. The summed E-state index contributed by atoms with van der Waals surface area (Å²) in [7, 11) is 0. The average molecular weight is 229 g/mol. The van der Waals surface area contributed by atoms with Crippen molar-refractivity contribution in [2.24, 2.45) is 5.92 Å². The minimum Gasteiger partial charge on any atom is -0.355 e. The molecule has 0 aromatic rings. The molecule has 2 unspecified atom stereocenters. The Hall–Kier alpha value is 0.240. The Morgan fingerprint density at radius 2 is 2.36 bits per heavy atom. The molecule has 0 amide bonds. The van der Waals surface area contributed by atoms with E-state index in [0.29, 0.717) is 5.37 Å². The van der Waals surface area contributed by atoms with Gasteiger partial charge in [0.05, 0.1) is 15.0 Å². The number of hydrogen-bond donors (Lipinski definition) is 0. The second kappa shape index (κ2) is 4.40. The molecule has 0 aromatic carbocycles. The molecule has 0 spiro atoms. The van der Waals surface area contributed by atoms with Gasteiger partial charge in [0.1, 0.15) is 0 Å². The van der Waals surface area contributed by atoms with Gasteiger partial charge in [-0.15, -0.1) is 11.8 Å². The number of hydrogen-bond acceptors (Lipinski definition) is 3. The van der Waals surface area contributed by atoms with Crippen LogP contribution >= 0.6 is 23.5 Å². The molecule has 2 rings (SSSR count). The van der Waals surface area contributed by atoms with Gasteiger partial charge in [0.25, 0.3) is 0 Å². The highest BCUT2D eigenvalue weighted by Gasteiger charge is 2.31. The molecule has 1 saturated heterocycles. The van der Waals surface area contributed by atoms with Gasteiger partial charge in [0.15, 0.2) is 0 Å². The van der Waals surface area contributed by atoms with E-state index in [9.17, 15) is 0 Å². The van der Waals surface area contributed by atoms with Gasteiger partial charge in [-0.05, 0) is 25.7 Å². The first-order valence-electron chi connectivity index (χ1n) is 5.45. The van der Waals surface area contributed by atoms with E-state index in [1.165, 1.54) is 19.4 Å². The van der Waals surface area contributed by atoms with Gasteiger partial charge >= 0.3 is 0 Å². The van der Waals surface area contributed by atoms with Gasteiger partial charge in [0, 0.05) is 6.54 Å². The number of thioether (sulfide) groups is 2. The summed E-state index contributed by atoms with van der Waals surface area (Å²) in [5, 5.41) is 2.23. The number of rotatable bonds is 2.